The molecule has 2 heteroatoms. The zero-order chi connectivity index (χ0) is 14.4. The summed E-state index contributed by atoms with van der Waals surface area (Å²) >= 11 is 0. The minimum Gasteiger partial charge on any atom is -0.372 e. The zero-order valence-electron chi connectivity index (χ0n) is 12.5. The number of hydrogen-bond acceptors (Lipinski definition) is 2. The lowest BCUT2D eigenvalue weighted by atomic mass is 9.95. The summed E-state index contributed by atoms with van der Waals surface area (Å²) in [6, 6.07) is 19.2. The molecular formula is C18H23NO. The highest BCUT2D eigenvalue weighted by atomic mass is 16.5. The van der Waals surface area contributed by atoms with E-state index in [1.807, 2.05) is 20.0 Å². The summed E-state index contributed by atoms with van der Waals surface area (Å²) in [7, 11) is 1.99. The number of hydrogen-bond donors (Lipinski definition) is 1. The Morgan fingerprint density at radius 3 is 2.15 bits per heavy atom. The third-order valence-electron chi connectivity index (χ3n) is 3.52. The first kappa shape index (κ1) is 14.8. The minimum absolute atomic E-state index is 0.0221. The topological polar surface area (TPSA) is 21.3 Å². The van der Waals surface area contributed by atoms with Crippen molar-refractivity contribution < 1.29 is 4.74 Å². The Balaban J connectivity index is 2.32. The van der Waals surface area contributed by atoms with Gasteiger partial charge in [-0.05, 0) is 32.0 Å². The van der Waals surface area contributed by atoms with E-state index in [0.29, 0.717) is 6.61 Å². The summed E-state index contributed by atoms with van der Waals surface area (Å²) < 4.78 is 6.00. The molecule has 0 aliphatic rings. The normalized spacial score (nSPS) is 13.9. The van der Waals surface area contributed by atoms with Gasteiger partial charge >= 0.3 is 0 Å². The van der Waals surface area contributed by atoms with Crippen LogP contribution in [0.4, 0.5) is 0 Å². The van der Waals surface area contributed by atoms with Crippen LogP contribution in [0.1, 0.15) is 35.8 Å². The highest BCUT2D eigenvalue weighted by molar-refractivity contribution is 5.28. The predicted octanol–water partition coefficient (Wildman–Crippen LogP) is 4.03. The number of benzene rings is 2. The van der Waals surface area contributed by atoms with Crippen LogP contribution in [0.25, 0.3) is 0 Å². The maximum absolute atomic E-state index is 6.00. The molecule has 0 saturated heterocycles. The fourth-order valence-corrected chi connectivity index (χ4v) is 2.47. The molecular weight excluding hydrogens is 246 g/mol. The summed E-state index contributed by atoms with van der Waals surface area (Å²) in [6.07, 6.45) is 0.0221. The minimum atomic E-state index is 0.0221. The third-order valence-corrected chi connectivity index (χ3v) is 3.52. The number of rotatable bonds is 6. The van der Waals surface area contributed by atoms with Crippen molar-refractivity contribution in [2.75, 3.05) is 13.7 Å². The standard InChI is InChI=1S/C18H23NO/c1-4-20-18(16-8-6-5-7-9-16)17(19-3)15-12-10-14(2)11-13-15/h5-13,17-19H,4H2,1-3H3. The second kappa shape index (κ2) is 7.22. The van der Waals surface area contributed by atoms with Crippen LogP contribution in [0.3, 0.4) is 0 Å². The van der Waals surface area contributed by atoms with Gasteiger partial charge in [-0.2, -0.15) is 0 Å². The van der Waals surface area contributed by atoms with Crippen molar-refractivity contribution in [2.24, 2.45) is 0 Å². The van der Waals surface area contributed by atoms with Crippen LogP contribution < -0.4 is 5.32 Å². The van der Waals surface area contributed by atoms with Crippen LogP contribution in [0.15, 0.2) is 54.6 Å². The van der Waals surface area contributed by atoms with Crippen LogP contribution in [0.2, 0.25) is 0 Å². The Morgan fingerprint density at radius 2 is 1.60 bits per heavy atom. The van der Waals surface area contributed by atoms with Gasteiger partial charge in [0.2, 0.25) is 0 Å². The molecule has 106 valence electrons. The molecule has 0 fully saturated rings. The fraction of sp³-hybridized carbons (Fsp3) is 0.333. The van der Waals surface area contributed by atoms with E-state index in [0.717, 1.165) is 0 Å². The number of ether oxygens (including phenoxy) is 1. The second-order valence-electron chi connectivity index (χ2n) is 4.96. The van der Waals surface area contributed by atoms with Gasteiger partial charge in [-0.15, -0.1) is 0 Å². The molecule has 2 nitrogen and oxygen atoms in total. The molecule has 0 saturated carbocycles. The average molecular weight is 269 g/mol. The maximum atomic E-state index is 6.00. The highest BCUT2D eigenvalue weighted by Crippen LogP contribution is 2.31. The van der Waals surface area contributed by atoms with Crippen LogP contribution in [0.5, 0.6) is 0 Å². The molecule has 20 heavy (non-hydrogen) atoms. The molecule has 0 aliphatic carbocycles. The van der Waals surface area contributed by atoms with E-state index >= 15 is 0 Å². The molecule has 0 aromatic heterocycles. The predicted molar refractivity (Wildman–Crippen MR) is 83.8 cm³/mol. The van der Waals surface area contributed by atoms with Crippen molar-refractivity contribution in [1.29, 1.82) is 0 Å². The van der Waals surface area contributed by atoms with E-state index in [2.05, 4.69) is 60.8 Å². The smallest absolute Gasteiger partial charge is 0.102 e. The third kappa shape index (κ3) is 3.47. The van der Waals surface area contributed by atoms with Gasteiger partial charge in [0.15, 0.2) is 0 Å². The van der Waals surface area contributed by atoms with E-state index < -0.39 is 0 Å². The molecule has 2 unspecified atom stereocenters. The first-order valence-electron chi connectivity index (χ1n) is 7.16. The van der Waals surface area contributed by atoms with Crippen molar-refractivity contribution in [2.45, 2.75) is 26.0 Å². The molecule has 0 bridgehead atoms. The van der Waals surface area contributed by atoms with E-state index in [9.17, 15) is 0 Å². The number of likely N-dealkylation sites (N-methyl/N-ethyl adjacent to an activating group) is 1. The van der Waals surface area contributed by atoms with Crippen LogP contribution in [0, 0.1) is 6.92 Å². The largest absolute Gasteiger partial charge is 0.372 e. The molecule has 0 spiro atoms. The lowest BCUT2D eigenvalue weighted by Gasteiger charge is -2.27. The number of nitrogens with one attached hydrogen (secondary N) is 1. The zero-order valence-corrected chi connectivity index (χ0v) is 12.5. The molecule has 0 heterocycles. The van der Waals surface area contributed by atoms with Gasteiger partial charge < -0.3 is 10.1 Å². The average Bonchev–Trinajstić information content (AvgIpc) is 2.50. The van der Waals surface area contributed by atoms with Crippen molar-refractivity contribution in [1.82, 2.24) is 5.32 Å². The lowest BCUT2D eigenvalue weighted by Crippen LogP contribution is -2.26. The molecule has 2 atom stereocenters. The number of aryl methyl sites for hydroxylation is 1. The van der Waals surface area contributed by atoms with Gasteiger partial charge in [-0.25, -0.2) is 0 Å². The quantitative estimate of drug-likeness (QED) is 0.854. The molecule has 2 aromatic carbocycles. The summed E-state index contributed by atoms with van der Waals surface area (Å²) in [6.45, 7) is 4.84. The first-order valence-corrected chi connectivity index (χ1v) is 7.16. The van der Waals surface area contributed by atoms with Crippen molar-refractivity contribution in [3.05, 3.63) is 71.3 Å². The van der Waals surface area contributed by atoms with Gasteiger partial charge in [-0.1, -0.05) is 60.2 Å². The molecule has 2 rings (SSSR count). The van der Waals surface area contributed by atoms with Crippen molar-refractivity contribution >= 4 is 0 Å². The lowest BCUT2D eigenvalue weighted by molar-refractivity contribution is 0.0347. The van der Waals surface area contributed by atoms with Crippen LogP contribution in [-0.4, -0.2) is 13.7 Å². The monoisotopic (exact) mass is 269 g/mol. The molecule has 2 aromatic rings. The Bertz CT molecular complexity index is 507. The Hall–Kier alpha value is -1.64. The summed E-state index contributed by atoms with van der Waals surface area (Å²) in [5, 5.41) is 3.40. The Kier molecular flexibility index (Phi) is 5.33. The Labute approximate surface area is 121 Å². The molecule has 0 aliphatic heterocycles. The van der Waals surface area contributed by atoms with Gasteiger partial charge in [0.25, 0.3) is 0 Å². The van der Waals surface area contributed by atoms with E-state index in [1.165, 1.54) is 16.7 Å². The Morgan fingerprint density at radius 1 is 0.950 bits per heavy atom. The van der Waals surface area contributed by atoms with E-state index in [4.69, 9.17) is 4.74 Å². The highest BCUT2D eigenvalue weighted by Gasteiger charge is 2.23. The second-order valence-corrected chi connectivity index (χ2v) is 4.96. The molecule has 1 N–H and O–H groups in total. The van der Waals surface area contributed by atoms with Gasteiger partial charge in [0.05, 0.1) is 6.04 Å². The van der Waals surface area contributed by atoms with Crippen molar-refractivity contribution in [3.8, 4) is 0 Å². The molecule has 0 radical (unpaired) electrons. The van der Waals surface area contributed by atoms with Crippen LogP contribution in [-0.2, 0) is 4.74 Å². The van der Waals surface area contributed by atoms with Gasteiger partial charge in [0, 0.05) is 6.61 Å². The SMILES string of the molecule is CCOC(c1ccccc1)C(NC)c1ccc(C)cc1. The summed E-state index contributed by atoms with van der Waals surface area (Å²) in [4.78, 5) is 0. The first-order chi connectivity index (χ1) is 9.76. The van der Waals surface area contributed by atoms with Crippen LogP contribution >= 0.6 is 0 Å². The van der Waals surface area contributed by atoms with Gasteiger partial charge in [-0.3, -0.25) is 0 Å². The maximum Gasteiger partial charge on any atom is 0.102 e. The molecule has 0 amide bonds. The van der Waals surface area contributed by atoms with Gasteiger partial charge in [0.1, 0.15) is 6.10 Å². The summed E-state index contributed by atoms with van der Waals surface area (Å²) in [5.74, 6) is 0. The van der Waals surface area contributed by atoms with Crippen molar-refractivity contribution in [3.63, 3.8) is 0 Å². The van der Waals surface area contributed by atoms with E-state index in [1.54, 1.807) is 0 Å². The van der Waals surface area contributed by atoms with E-state index in [-0.39, 0.29) is 12.1 Å². The fourth-order valence-electron chi connectivity index (χ4n) is 2.47. The summed E-state index contributed by atoms with van der Waals surface area (Å²) in [5.41, 5.74) is 3.73.